The smallest absolute Gasteiger partial charge is 0.340 e. The minimum atomic E-state index is -0.404. The molecule has 0 aliphatic carbocycles. The first kappa shape index (κ1) is 18.8. The van der Waals surface area contributed by atoms with E-state index in [0.29, 0.717) is 22.5 Å². The molecule has 0 aliphatic heterocycles. The number of benzene rings is 1. The standard InChI is InChI=1S/C20H26N2O3/c1-12(2)25-20(24)17-13(3)18(21-14(17)4)19(23)22(6)15(5)16-10-8-7-9-11-16/h7-12,15,21H,1-6H3. The van der Waals surface area contributed by atoms with E-state index in [1.54, 1.807) is 39.6 Å². The number of esters is 1. The second-order valence-electron chi connectivity index (χ2n) is 6.58. The molecular weight excluding hydrogens is 316 g/mol. The van der Waals surface area contributed by atoms with Crippen molar-refractivity contribution in [2.45, 2.75) is 46.8 Å². The van der Waals surface area contributed by atoms with Crippen LogP contribution < -0.4 is 0 Å². The van der Waals surface area contributed by atoms with Gasteiger partial charge in [0.05, 0.1) is 17.7 Å². The van der Waals surface area contributed by atoms with Gasteiger partial charge >= 0.3 is 5.97 Å². The molecule has 5 heteroatoms. The van der Waals surface area contributed by atoms with Gasteiger partial charge < -0.3 is 14.6 Å². The van der Waals surface area contributed by atoms with Crippen LogP contribution in [0.2, 0.25) is 0 Å². The van der Waals surface area contributed by atoms with Crippen molar-refractivity contribution in [1.29, 1.82) is 0 Å². The number of amides is 1. The molecule has 134 valence electrons. The SMILES string of the molecule is Cc1[nH]c(C(=O)N(C)C(C)c2ccccc2)c(C)c1C(=O)OC(C)C. The topological polar surface area (TPSA) is 62.4 Å². The summed E-state index contributed by atoms with van der Waals surface area (Å²) in [6.07, 6.45) is -0.207. The predicted octanol–water partition coefficient (Wildman–Crippen LogP) is 4.03. The summed E-state index contributed by atoms with van der Waals surface area (Å²) >= 11 is 0. The van der Waals surface area contributed by atoms with Crippen LogP contribution in [0, 0.1) is 13.8 Å². The van der Waals surface area contributed by atoms with Crippen LogP contribution in [0.4, 0.5) is 0 Å². The molecule has 2 aromatic rings. The number of hydrogen-bond donors (Lipinski definition) is 1. The Morgan fingerprint density at radius 1 is 1.08 bits per heavy atom. The van der Waals surface area contributed by atoms with Crippen LogP contribution in [-0.4, -0.2) is 34.9 Å². The monoisotopic (exact) mass is 342 g/mol. The van der Waals surface area contributed by atoms with E-state index in [4.69, 9.17) is 4.74 Å². The van der Waals surface area contributed by atoms with Gasteiger partial charge in [-0.1, -0.05) is 30.3 Å². The lowest BCUT2D eigenvalue weighted by atomic mass is 10.1. The predicted molar refractivity (Wildman–Crippen MR) is 97.8 cm³/mol. The summed E-state index contributed by atoms with van der Waals surface area (Å²) in [5, 5.41) is 0. The Hall–Kier alpha value is -2.56. The van der Waals surface area contributed by atoms with Gasteiger partial charge in [-0.15, -0.1) is 0 Å². The molecule has 5 nitrogen and oxygen atoms in total. The van der Waals surface area contributed by atoms with E-state index < -0.39 is 5.97 Å². The molecule has 25 heavy (non-hydrogen) atoms. The van der Waals surface area contributed by atoms with Gasteiger partial charge in [0.2, 0.25) is 0 Å². The first-order chi connectivity index (χ1) is 11.7. The average Bonchev–Trinajstić information content (AvgIpc) is 2.87. The van der Waals surface area contributed by atoms with E-state index >= 15 is 0 Å². The van der Waals surface area contributed by atoms with Gasteiger partial charge in [0.25, 0.3) is 5.91 Å². The molecule has 0 spiro atoms. The van der Waals surface area contributed by atoms with Crippen molar-refractivity contribution in [3.63, 3.8) is 0 Å². The van der Waals surface area contributed by atoms with Crippen LogP contribution in [0.1, 0.15) is 64.5 Å². The highest BCUT2D eigenvalue weighted by Crippen LogP contribution is 2.24. The van der Waals surface area contributed by atoms with E-state index in [1.807, 2.05) is 37.3 Å². The Morgan fingerprint density at radius 2 is 1.68 bits per heavy atom. The van der Waals surface area contributed by atoms with Gasteiger partial charge in [0.15, 0.2) is 0 Å². The molecular formula is C20H26N2O3. The number of aryl methyl sites for hydroxylation is 1. The van der Waals surface area contributed by atoms with E-state index in [0.717, 1.165) is 5.56 Å². The van der Waals surface area contributed by atoms with Crippen molar-refractivity contribution in [3.8, 4) is 0 Å². The summed E-state index contributed by atoms with van der Waals surface area (Å²) in [5.74, 6) is -0.556. The maximum atomic E-state index is 12.9. The summed E-state index contributed by atoms with van der Waals surface area (Å²) in [6.45, 7) is 9.13. The fourth-order valence-electron chi connectivity index (χ4n) is 2.85. The number of nitrogens with zero attached hydrogens (tertiary/aromatic N) is 1. The fourth-order valence-corrected chi connectivity index (χ4v) is 2.85. The molecule has 1 aromatic heterocycles. The Morgan fingerprint density at radius 3 is 2.24 bits per heavy atom. The normalized spacial score (nSPS) is 12.1. The molecule has 0 fully saturated rings. The lowest BCUT2D eigenvalue weighted by Crippen LogP contribution is -2.30. The first-order valence-electron chi connectivity index (χ1n) is 8.46. The third kappa shape index (κ3) is 3.92. The average molecular weight is 342 g/mol. The number of hydrogen-bond acceptors (Lipinski definition) is 3. The third-order valence-corrected chi connectivity index (χ3v) is 4.38. The van der Waals surface area contributed by atoms with Gasteiger partial charge in [-0.2, -0.15) is 0 Å². The Bertz CT molecular complexity index is 763. The second-order valence-corrected chi connectivity index (χ2v) is 6.58. The Labute approximate surface area is 149 Å². The minimum Gasteiger partial charge on any atom is -0.459 e. The molecule has 0 saturated heterocycles. The number of rotatable bonds is 5. The lowest BCUT2D eigenvalue weighted by Gasteiger charge is -2.25. The highest BCUT2D eigenvalue weighted by atomic mass is 16.5. The van der Waals surface area contributed by atoms with Crippen molar-refractivity contribution in [1.82, 2.24) is 9.88 Å². The minimum absolute atomic E-state index is 0.0808. The summed E-state index contributed by atoms with van der Waals surface area (Å²) in [6, 6.07) is 9.76. The summed E-state index contributed by atoms with van der Waals surface area (Å²) < 4.78 is 5.28. The molecule has 1 amide bonds. The number of ether oxygens (including phenoxy) is 1. The van der Waals surface area contributed by atoms with Gasteiger partial charge in [0.1, 0.15) is 5.69 Å². The van der Waals surface area contributed by atoms with E-state index in [1.165, 1.54) is 0 Å². The zero-order valence-electron chi connectivity index (χ0n) is 15.7. The summed E-state index contributed by atoms with van der Waals surface area (Å²) in [5.41, 5.74) is 3.20. The first-order valence-corrected chi connectivity index (χ1v) is 8.46. The highest BCUT2D eigenvalue weighted by Gasteiger charge is 2.27. The lowest BCUT2D eigenvalue weighted by molar-refractivity contribution is 0.0376. The third-order valence-electron chi connectivity index (χ3n) is 4.38. The number of carbonyl (C=O) groups is 2. The molecule has 0 bridgehead atoms. The zero-order chi connectivity index (χ0) is 18.7. The summed E-state index contributed by atoms with van der Waals surface area (Å²) in [4.78, 5) is 30.0. The maximum Gasteiger partial charge on any atom is 0.340 e. The van der Waals surface area contributed by atoms with Crippen molar-refractivity contribution < 1.29 is 14.3 Å². The van der Waals surface area contributed by atoms with E-state index in [9.17, 15) is 9.59 Å². The van der Waals surface area contributed by atoms with Gasteiger partial charge in [0, 0.05) is 12.7 Å². The van der Waals surface area contributed by atoms with E-state index in [-0.39, 0.29) is 18.1 Å². The number of aromatic amines is 1. The molecule has 1 unspecified atom stereocenters. The largest absolute Gasteiger partial charge is 0.459 e. The van der Waals surface area contributed by atoms with Crippen LogP contribution in [-0.2, 0) is 4.74 Å². The Kier molecular flexibility index (Phi) is 5.67. The van der Waals surface area contributed by atoms with Crippen LogP contribution in [0.3, 0.4) is 0 Å². The highest BCUT2D eigenvalue weighted by molar-refractivity contribution is 6.00. The molecule has 0 saturated carbocycles. The fraction of sp³-hybridized carbons (Fsp3) is 0.400. The van der Waals surface area contributed by atoms with Crippen LogP contribution >= 0.6 is 0 Å². The van der Waals surface area contributed by atoms with Gasteiger partial charge in [-0.3, -0.25) is 4.79 Å². The number of nitrogens with one attached hydrogen (secondary N) is 1. The van der Waals surface area contributed by atoms with Crippen molar-refractivity contribution in [2.75, 3.05) is 7.05 Å². The number of aromatic nitrogens is 1. The van der Waals surface area contributed by atoms with Crippen molar-refractivity contribution in [3.05, 3.63) is 58.4 Å². The molecule has 1 aromatic carbocycles. The van der Waals surface area contributed by atoms with Crippen LogP contribution in [0.5, 0.6) is 0 Å². The van der Waals surface area contributed by atoms with Crippen molar-refractivity contribution >= 4 is 11.9 Å². The number of H-pyrrole nitrogens is 1. The molecule has 0 aliphatic rings. The van der Waals surface area contributed by atoms with Gasteiger partial charge in [-0.25, -0.2) is 4.79 Å². The molecule has 0 radical (unpaired) electrons. The Balaban J connectivity index is 2.29. The molecule has 1 N–H and O–H groups in total. The van der Waals surface area contributed by atoms with Crippen LogP contribution in [0.25, 0.3) is 0 Å². The molecule has 1 atom stereocenters. The summed E-state index contributed by atoms with van der Waals surface area (Å²) in [7, 11) is 1.77. The molecule has 1 heterocycles. The second kappa shape index (κ2) is 7.55. The zero-order valence-corrected chi connectivity index (χ0v) is 15.7. The quantitative estimate of drug-likeness (QED) is 0.835. The van der Waals surface area contributed by atoms with Crippen molar-refractivity contribution in [2.24, 2.45) is 0 Å². The van der Waals surface area contributed by atoms with Crippen LogP contribution in [0.15, 0.2) is 30.3 Å². The maximum absolute atomic E-state index is 12.9. The van der Waals surface area contributed by atoms with Gasteiger partial charge in [-0.05, 0) is 45.7 Å². The van der Waals surface area contributed by atoms with E-state index in [2.05, 4.69) is 4.98 Å². The number of carbonyl (C=O) groups excluding carboxylic acids is 2. The molecule has 2 rings (SSSR count).